The predicted molar refractivity (Wildman–Crippen MR) is 72.0 cm³/mol. The van der Waals surface area contributed by atoms with Crippen molar-refractivity contribution in [2.75, 3.05) is 0 Å². The van der Waals surface area contributed by atoms with Crippen LogP contribution in [0.4, 0.5) is 0 Å². The van der Waals surface area contributed by atoms with Crippen molar-refractivity contribution in [1.29, 1.82) is 0 Å². The minimum absolute atomic E-state index is 0.0632. The van der Waals surface area contributed by atoms with Gasteiger partial charge >= 0.3 is 0 Å². The van der Waals surface area contributed by atoms with E-state index in [-0.39, 0.29) is 5.78 Å². The first-order valence-corrected chi connectivity index (χ1v) is 9.37. The zero-order chi connectivity index (χ0) is 12.6. The molecular formula is C13H26O2Si. The molecule has 0 aromatic heterocycles. The quantitative estimate of drug-likeness (QED) is 0.275. The second-order valence-corrected chi connectivity index (χ2v) is 9.26. The second kappa shape index (κ2) is 7.66. The third kappa shape index (κ3) is 8.71. The van der Waals surface area contributed by atoms with Crippen LogP contribution in [0.3, 0.4) is 0 Å². The molecule has 0 radical (unpaired) electrons. The highest BCUT2D eigenvalue weighted by Gasteiger charge is 2.23. The maximum Gasteiger partial charge on any atom is 0.244 e. The summed E-state index contributed by atoms with van der Waals surface area (Å²) in [4.78, 5) is 10.9. The number of carbonyl (C=O) groups is 1. The van der Waals surface area contributed by atoms with Gasteiger partial charge in [0, 0.05) is 6.08 Å². The standard InChI is InChI=1S/C13H26O2Si/c1-6-7-8-9-10-16(4,5)15-13(3)11-12(2)14/h11H,6-10H2,1-5H3. The van der Waals surface area contributed by atoms with Gasteiger partial charge in [0.1, 0.15) is 0 Å². The molecule has 0 aliphatic heterocycles. The summed E-state index contributed by atoms with van der Waals surface area (Å²) in [5, 5.41) is 0. The Morgan fingerprint density at radius 1 is 1.19 bits per heavy atom. The van der Waals surface area contributed by atoms with Gasteiger partial charge in [0.2, 0.25) is 8.32 Å². The highest BCUT2D eigenvalue weighted by molar-refractivity contribution is 6.71. The van der Waals surface area contributed by atoms with E-state index in [1.54, 1.807) is 13.0 Å². The molecular weight excluding hydrogens is 216 g/mol. The first-order chi connectivity index (χ1) is 7.37. The molecule has 0 aromatic carbocycles. The zero-order valence-electron chi connectivity index (χ0n) is 11.4. The molecule has 2 nitrogen and oxygen atoms in total. The normalized spacial score (nSPS) is 12.7. The van der Waals surface area contributed by atoms with Crippen LogP contribution in [-0.4, -0.2) is 14.1 Å². The molecule has 3 heteroatoms. The van der Waals surface area contributed by atoms with Crippen molar-refractivity contribution < 1.29 is 9.22 Å². The van der Waals surface area contributed by atoms with Gasteiger partial charge in [-0.05, 0) is 33.0 Å². The van der Waals surface area contributed by atoms with Crippen LogP contribution >= 0.6 is 0 Å². The summed E-state index contributed by atoms with van der Waals surface area (Å²) < 4.78 is 5.91. The van der Waals surface area contributed by atoms with Crippen molar-refractivity contribution in [1.82, 2.24) is 0 Å². The van der Waals surface area contributed by atoms with Crippen molar-refractivity contribution in [3.63, 3.8) is 0 Å². The molecule has 0 aromatic rings. The van der Waals surface area contributed by atoms with Gasteiger partial charge in [-0.15, -0.1) is 0 Å². The molecule has 0 bridgehead atoms. The van der Waals surface area contributed by atoms with Gasteiger partial charge in [-0.3, -0.25) is 4.79 Å². The van der Waals surface area contributed by atoms with Gasteiger partial charge in [0.25, 0.3) is 0 Å². The molecule has 0 N–H and O–H groups in total. The van der Waals surface area contributed by atoms with E-state index < -0.39 is 8.32 Å². The van der Waals surface area contributed by atoms with E-state index in [1.165, 1.54) is 31.7 Å². The summed E-state index contributed by atoms with van der Waals surface area (Å²) in [7, 11) is -1.60. The van der Waals surface area contributed by atoms with Gasteiger partial charge in [0.05, 0.1) is 5.76 Å². The van der Waals surface area contributed by atoms with Crippen LogP contribution in [0.15, 0.2) is 11.8 Å². The molecule has 0 aliphatic carbocycles. The van der Waals surface area contributed by atoms with E-state index in [4.69, 9.17) is 4.43 Å². The molecule has 0 rings (SSSR count). The molecule has 0 fully saturated rings. The monoisotopic (exact) mass is 242 g/mol. The average Bonchev–Trinajstić information content (AvgIpc) is 2.10. The van der Waals surface area contributed by atoms with E-state index in [9.17, 15) is 4.79 Å². The molecule has 0 heterocycles. The summed E-state index contributed by atoms with van der Waals surface area (Å²) >= 11 is 0. The van der Waals surface area contributed by atoms with Gasteiger partial charge < -0.3 is 4.43 Å². The van der Waals surface area contributed by atoms with Crippen LogP contribution in [-0.2, 0) is 9.22 Å². The second-order valence-electron chi connectivity index (χ2n) is 5.04. The summed E-state index contributed by atoms with van der Waals surface area (Å²) in [6.45, 7) is 10.1. The number of carbonyl (C=O) groups excluding carboxylic acids is 1. The van der Waals surface area contributed by atoms with Crippen LogP contribution in [0.25, 0.3) is 0 Å². The number of rotatable bonds is 8. The smallest absolute Gasteiger partial charge is 0.244 e. The molecule has 0 aliphatic rings. The minimum Gasteiger partial charge on any atom is -0.547 e. The molecule has 0 saturated heterocycles. The lowest BCUT2D eigenvalue weighted by Crippen LogP contribution is -2.29. The van der Waals surface area contributed by atoms with Crippen molar-refractivity contribution in [3.05, 3.63) is 11.8 Å². The van der Waals surface area contributed by atoms with Crippen molar-refractivity contribution >= 4 is 14.1 Å². The number of allylic oxidation sites excluding steroid dienone is 2. The molecule has 16 heavy (non-hydrogen) atoms. The lowest BCUT2D eigenvalue weighted by atomic mass is 10.2. The molecule has 0 saturated carbocycles. The average molecular weight is 242 g/mol. The highest BCUT2D eigenvalue weighted by atomic mass is 28.4. The van der Waals surface area contributed by atoms with Gasteiger partial charge in [-0.1, -0.05) is 32.6 Å². The SMILES string of the molecule is CCCCCC[Si](C)(C)OC(C)=CC(C)=O. The molecule has 94 valence electrons. The van der Waals surface area contributed by atoms with E-state index in [0.29, 0.717) is 0 Å². The largest absolute Gasteiger partial charge is 0.547 e. The molecule has 0 atom stereocenters. The van der Waals surface area contributed by atoms with Crippen LogP contribution in [0.1, 0.15) is 46.5 Å². The summed E-state index contributed by atoms with van der Waals surface area (Å²) in [6, 6.07) is 1.18. The van der Waals surface area contributed by atoms with E-state index in [0.717, 1.165) is 5.76 Å². The van der Waals surface area contributed by atoms with Gasteiger partial charge in [-0.25, -0.2) is 0 Å². The van der Waals surface area contributed by atoms with Crippen LogP contribution in [0.5, 0.6) is 0 Å². The summed E-state index contributed by atoms with van der Waals surface area (Å²) in [6.07, 6.45) is 6.71. The van der Waals surface area contributed by atoms with E-state index >= 15 is 0 Å². The lowest BCUT2D eigenvalue weighted by molar-refractivity contribution is -0.112. The van der Waals surface area contributed by atoms with Crippen LogP contribution < -0.4 is 0 Å². The fraction of sp³-hybridized carbons (Fsp3) is 0.769. The maximum atomic E-state index is 10.9. The third-order valence-electron chi connectivity index (χ3n) is 2.48. The van der Waals surface area contributed by atoms with E-state index in [1.807, 2.05) is 6.92 Å². The molecule has 0 spiro atoms. The minimum atomic E-state index is -1.60. The first kappa shape index (κ1) is 15.4. The maximum absolute atomic E-state index is 10.9. The first-order valence-electron chi connectivity index (χ1n) is 6.25. The fourth-order valence-electron chi connectivity index (χ4n) is 1.78. The lowest BCUT2D eigenvalue weighted by Gasteiger charge is -2.24. The third-order valence-corrected chi connectivity index (χ3v) is 4.91. The summed E-state index contributed by atoms with van der Waals surface area (Å²) in [5.74, 6) is 0.841. The van der Waals surface area contributed by atoms with Gasteiger partial charge in [0.15, 0.2) is 5.78 Å². The Bertz CT molecular complexity index is 244. The fourth-order valence-corrected chi connectivity index (χ4v) is 3.91. The summed E-state index contributed by atoms with van der Waals surface area (Å²) in [5.41, 5.74) is 0. The molecule has 0 amide bonds. The van der Waals surface area contributed by atoms with Gasteiger partial charge in [-0.2, -0.15) is 0 Å². The topological polar surface area (TPSA) is 26.3 Å². The van der Waals surface area contributed by atoms with Crippen molar-refractivity contribution in [2.45, 2.75) is 65.6 Å². The number of ketones is 1. The van der Waals surface area contributed by atoms with Crippen LogP contribution in [0, 0.1) is 0 Å². The van der Waals surface area contributed by atoms with Crippen LogP contribution in [0.2, 0.25) is 19.1 Å². The Kier molecular flexibility index (Phi) is 7.39. The number of unbranched alkanes of at least 4 members (excludes halogenated alkanes) is 3. The Labute approximate surface area is 101 Å². The zero-order valence-corrected chi connectivity index (χ0v) is 12.4. The Morgan fingerprint density at radius 3 is 2.31 bits per heavy atom. The highest BCUT2D eigenvalue weighted by Crippen LogP contribution is 2.19. The Balaban J connectivity index is 3.98. The van der Waals surface area contributed by atoms with E-state index in [2.05, 4.69) is 20.0 Å². The van der Waals surface area contributed by atoms with Crippen molar-refractivity contribution in [2.24, 2.45) is 0 Å². The predicted octanol–water partition coefficient (Wildman–Crippen LogP) is 4.28. The number of hydrogen-bond acceptors (Lipinski definition) is 2. The van der Waals surface area contributed by atoms with Crippen molar-refractivity contribution in [3.8, 4) is 0 Å². The Hall–Kier alpha value is -0.573. The molecule has 0 unspecified atom stereocenters. The Morgan fingerprint density at radius 2 is 1.81 bits per heavy atom. The number of hydrogen-bond donors (Lipinski definition) is 0.